The van der Waals surface area contributed by atoms with E-state index in [0.717, 1.165) is 29.7 Å². The van der Waals surface area contributed by atoms with Crippen LogP contribution in [0.25, 0.3) is 0 Å². The summed E-state index contributed by atoms with van der Waals surface area (Å²) in [5.74, 6) is 2.88. The molecule has 7 nitrogen and oxygen atoms in total. The molecule has 0 aromatic carbocycles. The van der Waals surface area contributed by atoms with Crippen LogP contribution in [-0.4, -0.2) is 75.1 Å². The van der Waals surface area contributed by atoms with Crippen LogP contribution in [0, 0.1) is 29.1 Å². The summed E-state index contributed by atoms with van der Waals surface area (Å²) in [4.78, 5) is 0. The van der Waals surface area contributed by atoms with Crippen molar-refractivity contribution in [1.82, 2.24) is 0 Å². The van der Waals surface area contributed by atoms with E-state index in [9.17, 15) is 25.5 Å². The normalized spacial score (nSPS) is 43.5. The Kier molecular flexibility index (Phi) is 10.8. The van der Waals surface area contributed by atoms with E-state index in [1.165, 1.54) is 50.5 Å². The van der Waals surface area contributed by atoms with Gasteiger partial charge in [0.05, 0.1) is 18.8 Å². The number of aliphatic hydroxyl groups excluding tert-OH is 5. The van der Waals surface area contributed by atoms with Gasteiger partial charge in [0, 0.05) is 6.42 Å². The van der Waals surface area contributed by atoms with Crippen LogP contribution < -0.4 is 0 Å². The molecular formula is C33H54O7. The molecule has 4 rings (SSSR count). The van der Waals surface area contributed by atoms with Crippen LogP contribution in [0.2, 0.25) is 0 Å². The summed E-state index contributed by atoms with van der Waals surface area (Å²) in [6.07, 6.45) is 7.41. The molecule has 1 aliphatic heterocycles. The molecule has 0 amide bonds. The largest absolute Gasteiger partial charge is 0.394 e. The van der Waals surface area contributed by atoms with Gasteiger partial charge in [-0.3, -0.25) is 0 Å². The third-order valence-corrected chi connectivity index (χ3v) is 10.6. The predicted molar refractivity (Wildman–Crippen MR) is 155 cm³/mol. The standard InChI is InChI=1S/C33H54O7/c1-19(2)8-6-9-20(3)25-13-14-26-22(10-7-15-33(25,26)5)11-12-23-16-24(17-27(35)21(23)4)39-32-31(38)30(37)29(36)28(18-34)40-32/h11-12,19-20,24-32,34-38H,4,6-10,13-18H2,1-3,5H3/b22-11+,23-12-/t20-,24-,25-,26+,27+,28-,29-,30+,31-,32-,33-/m1/s1. The maximum Gasteiger partial charge on any atom is 0.186 e. The monoisotopic (exact) mass is 562 g/mol. The molecule has 5 N–H and O–H groups in total. The Morgan fingerprint density at radius 1 is 1.05 bits per heavy atom. The maximum absolute atomic E-state index is 10.8. The van der Waals surface area contributed by atoms with Crippen molar-refractivity contribution >= 4 is 0 Å². The third kappa shape index (κ3) is 6.77. The molecule has 3 aliphatic carbocycles. The van der Waals surface area contributed by atoms with E-state index in [4.69, 9.17) is 9.47 Å². The van der Waals surface area contributed by atoms with Gasteiger partial charge in [-0.15, -0.1) is 0 Å². The Balaban J connectivity index is 1.44. The van der Waals surface area contributed by atoms with Gasteiger partial charge in [0.2, 0.25) is 0 Å². The lowest BCUT2D eigenvalue weighted by Crippen LogP contribution is -2.59. The van der Waals surface area contributed by atoms with Gasteiger partial charge >= 0.3 is 0 Å². The second-order valence-corrected chi connectivity index (χ2v) is 13.8. The summed E-state index contributed by atoms with van der Waals surface area (Å²) in [5.41, 5.74) is 3.46. The predicted octanol–water partition coefficient (Wildman–Crippen LogP) is 4.41. The fourth-order valence-electron chi connectivity index (χ4n) is 8.18. The molecule has 1 saturated heterocycles. The first-order valence-corrected chi connectivity index (χ1v) is 15.7. The number of rotatable bonds is 9. The zero-order chi connectivity index (χ0) is 29.2. The minimum Gasteiger partial charge on any atom is -0.394 e. The Labute approximate surface area is 241 Å². The van der Waals surface area contributed by atoms with E-state index in [1.54, 1.807) is 0 Å². The summed E-state index contributed by atoms with van der Waals surface area (Å²) < 4.78 is 11.5. The topological polar surface area (TPSA) is 120 Å². The maximum atomic E-state index is 10.8. The average molecular weight is 563 g/mol. The van der Waals surface area contributed by atoms with Crippen molar-refractivity contribution in [2.45, 2.75) is 135 Å². The highest BCUT2D eigenvalue weighted by Gasteiger charge is 2.50. The molecular weight excluding hydrogens is 508 g/mol. The first-order chi connectivity index (χ1) is 19.0. The van der Waals surface area contributed by atoms with Crippen molar-refractivity contribution in [3.8, 4) is 0 Å². The zero-order valence-corrected chi connectivity index (χ0v) is 25.0. The van der Waals surface area contributed by atoms with Crippen LogP contribution in [0.15, 0.2) is 35.5 Å². The van der Waals surface area contributed by atoms with E-state index >= 15 is 0 Å². The number of ether oxygens (including phenoxy) is 2. The minimum atomic E-state index is -1.49. The molecule has 4 aliphatic rings. The Morgan fingerprint density at radius 2 is 1.80 bits per heavy atom. The van der Waals surface area contributed by atoms with Crippen LogP contribution in [0.3, 0.4) is 0 Å². The lowest BCUT2D eigenvalue weighted by molar-refractivity contribution is -0.312. The molecule has 11 atom stereocenters. The van der Waals surface area contributed by atoms with Crippen molar-refractivity contribution in [1.29, 1.82) is 0 Å². The summed E-state index contributed by atoms with van der Waals surface area (Å²) in [7, 11) is 0. The summed E-state index contributed by atoms with van der Waals surface area (Å²) in [6.45, 7) is 13.3. The van der Waals surface area contributed by atoms with Gasteiger partial charge in [-0.05, 0) is 78.8 Å². The number of hydrogen-bond acceptors (Lipinski definition) is 7. The fourth-order valence-corrected chi connectivity index (χ4v) is 8.18. The number of aliphatic hydroxyl groups is 5. The van der Waals surface area contributed by atoms with Crippen LogP contribution in [0.4, 0.5) is 0 Å². The van der Waals surface area contributed by atoms with Crippen LogP contribution in [0.1, 0.15) is 91.9 Å². The summed E-state index contributed by atoms with van der Waals surface area (Å²) in [6, 6.07) is 0. The second-order valence-electron chi connectivity index (χ2n) is 13.8. The smallest absolute Gasteiger partial charge is 0.186 e. The first-order valence-electron chi connectivity index (χ1n) is 15.7. The molecule has 40 heavy (non-hydrogen) atoms. The summed E-state index contributed by atoms with van der Waals surface area (Å²) in [5, 5.41) is 50.9. The molecule has 1 heterocycles. The summed E-state index contributed by atoms with van der Waals surface area (Å²) >= 11 is 0. The zero-order valence-electron chi connectivity index (χ0n) is 25.0. The van der Waals surface area contributed by atoms with Crippen LogP contribution in [-0.2, 0) is 9.47 Å². The van der Waals surface area contributed by atoms with Gasteiger partial charge in [-0.25, -0.2) is 0 Å². The third-order valence-electron chi connectivity index (χ3n) is 10.6. The van der Waals surface area contributed by atoms with Crippen LogP contribution in [0.5, 0.6) is 0 Å². The van der Waals surface area contributed by atoms with Gasteiger partial charge in [0.25, 0.3) is 0 Å². The molecule has 4 fully saturated rings. The average Bonchev–Trinajstić information content (AvgIpc) is 3.27. The molecule has 3 saturated carbocycles. The molecule has 0 radical (unpaired) electrons. The molecule has 0 unspecified atom stereocenters. The SMILES string of the molecule is C=C1/C(=C\C=C2/CCC[C@]3(C)[C@@H]([C@H](C)CCCC(C)C)CC[C@@H]23)C[C@@H](O[C@@H]2O[C@H](CO)[C@@H](O)[C@H](O)[C@H]2O)C[C@@H]1O. The molecule has 0 aromatic rings. The van der Waals surface area contributed by atoms with Gasteiger partial charge in [0.1, 0.15) is 24.4 Å². The highest BCUT2D eigenvalue weighted by Crippen LogP contribution is 2.60. The van der Waals surface area contributed by atoms with Crippen molar-refractivity contribution in [2.75, 3.05) is 6.61 Å². The molecule has 228 valence electrons. The van der Waals surface area contributed by atoms with E-state index in [0.29, 0.717) is 29.7 Å². The highest BCUT2D eigenvalue weighted by atomic mass is 16.7. The lowest BCUT2D eigenvalue weighted by Gasteiger charge is -2.44. The highest BCUT2D eigenvalue weighted by molar-refractivity contribution is 5.39. The van der Waals surface area contributed by atoms with E-state index in [2.05, 4.69) is 46.4 Å². The molecule has 7 heteroatoms. The van der Waals surface area contributed by atoms with E-state index in [1.807, 2.05) is 0 Å². The lowest BCUT2D eigenvalue weighted by atomic mass is 9.60. The quantitative estimate of drug-likeness (QED) is 0.282. The number of hydrogen-bond donors (Lipinski definition) is 5. The van der Waals surface area contributed by atoms with Gasteiger partial charge in [-0.1, -0.05) is 71.3 Å². The molecule has 0 spiro atoms. The minimum absolute atomic E-state index is 0.291. The van der Waals surface area contributed by atoms with Gasteiger partial charge < -0.3 is 35.0 Å². The Morgan fingerprint density at radius 3 is 2.50 bits per heavy atom. The van der Waals surface area contributed by atoms with Crippen molar-refractivity contribution in [2.24, 2.45) is 29.1 Å². The number of fused-ring (bicyclic) bond motifs is 1. The molecule has 0 aromatic heterocycles. The molecule has 0 bridgehead atoms. The van der Waals surface area contributed by atoms with Gasteiger partial charge in [-0.2, -0.15) is 0 Å². The van der Waals surface area contributed by atoms with Gasteiger partial charge in [0.15, 0.2) is 6.29 Å². The van der Waals surface area contributed by atoms with Crippen molar-refractivity contribution < 1.29 is 35.0 Å². The second kappa shape index (κ2) is 13.5. The van der Waals surface area contributed by atoms with E-state index < -0.39 is 49.5 Å². The Bertz CT molecular complexity index is 926. The fraction of sp³-hybridized carbons (Fsp3) is 0.818. The van der Waals surface area contributed by atoms with Crippen molar-refractivity contribution in [3.05, 3.63) is 35.5 Å². The first kappa shape index (κ1) is 31.9. The Hall–Kier alpha value is -1.06. The number of allylic oxidation sites excluding steroid dienone is 3. The van der Waals surface area contributed by atoms with E-state index in [-0.39, 0.29) is 0 Å². The van der Waals surface area contributed by atoms with Crippen LogP contribution >= 0.6 is 0 Å². The van der Waals surface area contributed by atoms with Crippen molar-refractivity contribution in [3.63, 3.8) is 0 Å².